The third-order valence-corrected chi connectivity index (χ3v) is 1.42. The number of nitrogens with two attached hydrogens (primary N) is 1. The summed E-state index contributed by atoms with van der Waals surface area (Å²) in [4.78, 5) is 16.3. The van der Waals surface area contributed by atoms with Crippen molar-refractivity contribution >= 4 is 6.09 Å². The average molecular weight is 144 g/mol. The maximum Gasteiger partial charge on any atom is 0.428 e. The normalized spacial score (nSPS) is 18.7. The Morgan fingerprint density at radius 2 is 2.10 bits per heavy atom. The first-order chi connectivity index (χ1) is 4.84. The first-order valence-corrected chi connectivity index (χ1v) is 3.13. The molecule has 0 radical (unpaired) electrons. The van der Waals surface area contributed by atoms with Crippen LogP contribution in [0.4, 0.5) is 4.79 Å². The average Bonchev–Trinajstić information content (AvgIpc) is 2.05. The highest BCUT2D eigenvalue weighted by molar-refractivity contribution is 5.67. The smallest absolute Gasteiger partial charge is 0.428 e. The fourth-order valence-corrected chi connectivity index (χ4v) is 0.864. The zero-order valence-electron chi connectivity index (χ0n) is 5.62. The van der Waals surface area contributed by atoms with Crippen molar-refractivity contribution in [3.05, 3.63) is 5.32 Å². The first-order valence-electron chi connectivity index (χ1n) is 3.13. The zero-order valence-corrected chi connectivity index (χ0v) is 5.62. The van der Waals surface area contributed by atoms with Crippen LogP contribution in [-0.2, 0) is 4.84 Å². The van der Waals surface area contributed by atoms with Gasteiger partial charge in [-0.05, 0) is 0 Å². The van der Waals surface area contributed by atoms with E-state index in [1.165, 1.54) is 4.90 Å². The molecule has 0 bridgehead atoms. The van der Waals surface area contributed by atoms with Crippen LogP contribution in [0, 0.1) is 0 Å². The van der Waals surface area contributed by atoms with E-state index in [9.17, 15) is 4.79 Å². The van der Waals surface area contributed by atoms with Gasteiger partial charge in [0.1, 0.15) is 0 Å². The monoisotopic (exact) mass is 144 g/mol. The van der Waals surface area contributed by atoms with Crippen molar-refractivity contribution in [3.8, 4) is 0 Å². The van der Waals surface area contributed by atoms with Crippen LogP contribution in [0.15, 0.2) is 0 Å². The van der Waals surface area contributed by atoms with Crippen molar-refractivity contribution in [1.82, 2.24) is 4.90 Å². The summed E-state index contributed by atoms with van der Waals surface area (Å²) in [6.45, 7) is 2.62. The Kier molecular flexibility index (Phi) is 2.47. The summed E-state index contributed by atoms with van der Waals surface area (Å²) in [5.41, 5.74) is 0. The van der Waals surface area contributed by atoms with E-state index in [4.69, 9.17) is 0 Å². The van der Waals surface area contributed by atoms with Gasteiger partial charge in [-0.3, -0.25) is 0 Å². The van der Waals surface area contributed by atoms with Gasteiger partial charge in [-0.25, -0.2) is 4.79 Å². The number of piperazine rings is 1. The molecule has 1 aliphatic heterocycles. The first kappa shape index (κ1) is 7.30. The molecule has 1 amide bonds. The fraction of sp³-hybridized carbons (Fsp3) is 0.800. The molecule has 0 unspecified atom stereocenters. The van der Waals surface area contributed by atoms with Crippen LogP contribution in [0.1, 0.15) is 0 Å². The molecule has 1 saturated heterocycles. The highest BCUT2D eigenvalue weighted by atomic mass is 16.7. The lowest BCUT2D eigenvalue weighted by Gasteiger charge is -2.33. The third-order valence-electron chi connectivity index (χ3n) is 1.42. The van der Waals surface area contributed by atoms with Crippen LogP contribution in [0.3, 0.4) is 0 Å². The topological polar surface area (TPSA) is 69.7 Å². The third kappa shape index (κ3) is 1.58. The molecule has 1 rings (SSSR count). The zero-order chi connectivity index (χ0) is 7.40. The highest BCUT2D eigenvalue weighted by Crippen LogP contribution is 2.01. The van der Waals surface area contributed by atoms with Gasteiger partial charge in [-0.2, -0.15) is 5.90 Å². The van der Waals surface area contributed by atoms with Crippen LogP contribution in [-0.4, -0.2) is 37.2 Å². The van der Waals surface area contributed by atoms with E-state index in [1.807, 2.05) is 0 Å². The molecule has 0 aromatic rings. The number of hydrogen-bond donors (Lipinski definition) is 1. The Balaban J connectivity index is 2.31. The summed E-state index contributed by atoms with van der Waals surface area (Å²) in [6, 6.07) is 0. The van der Waals surface area contributed by atoms with Gasteiger partial charge in [0.05, 0.1) is 0 Å². The molecule has 0 spiro atoms. The number of amides is 1. The molecule has 58 valence electrons. The molecular formula is C5H10N3O2-. The van der Waals surface area contributed by atoms with Gasteiger partial charge in [0, 0.05) is 13.1 Å². The van der Waals surface area contributed by atoms with Crippen molar-refractivity contribution in [2.75, 3.05) is 26.2 Å². The molecule has 0 saturated carbocycles. The number of nitrogens with zero attached hydrogens (tertiary/aromatic N) is 2. The summed E-state index contributed by atoms with van der Waals surface area (Å²) in [7, 11) is 0. The van der Waals surface area contributed by atoms with Gasteiger partial charge in [0.2, 0.25) is 0 Å². The minimum absolute atomic E-state index is 0.463. The number of rotatable bonds is 0. The molecule has 1 heterocycles. The van der Waals surface area contributed by atoms with Crippen molar-refractivity contribution < 1.29 is 9.63 Å². The molecule has 0 aromatic carbocycles. The maximum atomic E-state index is 10.7. The molecule has 1 aliphatic rings. The van der Waals surface area contributed by atoms with Crippen LogP contribution in [0.2, 0.25) is 0 Å². The van der Waals surface area contributed by atoms with Crippen molar-refractivity contribution in [2.24, 2.45) is 5.90 Å². The van der Waals surface area contributed by atoms with Gasteiger partial charge >= 0.3 is 6.09 Å². The molecule has 1 fully saturated rings. The SMILES string of the molecule is NOC(=O)N1CC[N-]CC1. The molecule has 0 aliphatic carbocycles. The quantitative estimate of drug-likeness (QED) is 0.474. The van der Waals surface area contributed by atoms with E-state index in [2.05, 4.69) is 16.1 Å². The Labute approximate surface area is 59.1 Å². The van der Waals surface area contributed by atoms with Crippen molar-refractivity contribution in [3.63, 3.8) is 0 Å². The second kappa shape index (κ2) is 3.38. The molecule has 0 aromatic heterocycles. The van der Waals surface area contributed by atoms with Crippen LogP contribution in [0.5, 0.6) is 0 Å². The van der Waals surface area contributed by atoms with Crippen molar-refractivity contribution in [2.45, 2.75) is 0 Å². The Bertz CT molecular complexity index is 122. The van der Waals surface area contributed by atoms with E-state index in [0.29, 0.717) is 26.2 Å². The molecule has 2 N–H and O–H groups in total. The Morgan fingerprint density at radius 1 is 1.50 bits per heavy atom. The minimum Gasteiger partial charge on any atom is -0.659 e. The summed E-state index contributed by atoms with van der Waals surface area (Å²) in [5, 5.41) is 4.05. The van der Waals surface area contributed by atoms with E-state index in [1.54, 1.807) is 0 Å². The number of carbonyl (C=O) groups is 1. The van der Waals surface area contributed by atoms with Crippen LogP contribution < -0.4 is 5.90 Å². The lowest BCUT2D eigenvalue weighted by atomic mass is 10.4. The predicted octanol–water partition coefficient (Wildman–Crippen LogP) is -0.314. The minimum atomic E-state index is -0.463. The molecular weight excluding hydrogens is 134 g/mol. The summed E-state index contributed by atoms with van der Waals surface area (Å²) >= 11 is 0. The second-order valence-corrected chi connectivity index (χ2v) is 2.04. The van der Waals surface area contributed by atoms with Gasteiger partial charge in [-0.15, -0.1) is 13.1 Å². The molecule has 10 heavy (non-hydrogen) atoms. The molecule has 5 nitrogen and oxygen atoms in total. The fourth-order valence-electron chi connectivity index (χ4n) is 0.864. The van der Waals surface area contributed by atoms with Gasteiger partial charge in [0.15, 0.2) is 0 Å². The highest BCUT2D eigenvalue weighted by Gasteiger charge is 2.11. The van der Waals surface area contributed by atoms with Crippen molar-refractivity contribution in [1.29, 1.82) is 0 Å². The van der Waals surface area contributed by atoms with E-state index >= 15 is 0 Å². The second-order valence-electron chi connectivity index (χ2n) is 2.04. The lowest BCUT2D eigenvalue weighted by Crippen LogP contribution is -2.40. The molecule has 5 heteroatoms. The lowest BCUT2D eigenvalue weighted by molar-refractivity contribution is 0.103. The summed E-state index contributed by atoms with van der Waals surface area (Å²) in [6.07, 6.45) is -0.463. The van der Waals surface area contributed by atoms with Gasteiger partial charge in [-0.1, -0.05) is 0 Å². The Morgan fingerprint density at radius 3 is 2.60 bits per heavy atom. The van der Waals surface area contributed by atoms with Crippen LogP contribution >= 0.6 is 0 Å². The van der Waals surface area contributed by atoms with E-state index < -0.39 is 6.09 Å². The molecule has 0 atom stereocenters. The van der Waals surface area contributed by atoms with E-state index in [-0.39, 0.29) is 0 Å². The van der Waals surface area contributed by atoms with Crippen LogP contribution in [0.25, 0.3) is 5.32 Å². The van der Waals surface area contributed by atoms with Gasteiger partial charge in [0.25, 0.3) is 0 Å². The Hall–Kier alpha value is -0.810. The summed E-state index contributed by atoms with van der Waals surface area (Å²) < 4.78 is 0. The standard InChI is InChI=1S/C5H10N3O2/c6-10-5(9)8-3-1-7-2-4-8/h1-4,6H2/q-1. The largest absolute Gasteiger partial charge is 0.659 e. The maximum absolute atomic E-state index is 10.7. The number of hydrogen-bond acceptors (Lipinski definition) is 3. The van der Waals surface area contributed by atoms with Gasteiger partial charge < -0.3 is 15.1 Å². The predicted molar refractivity (Wildman–Crippen MR) is 35.3 cm³/mol. The number of carbonyl (C=O) groups excluding carboxylic acids is 1. The summed E-state index contributed by atoms with van der Waals surface area (Å²) in [5.74, 6) is 4.68. The van der Waals surface area contributed by atoms with E-state index in [0.717, 1.165) is 0 Å².